The topological polar surface area (TPSA) is 0 Å². The number of halogens is 10. The molecule has 0 rings (SSSR count). The Labute approximate surface area is 94.7 Å². The van der Waals surface area contributed by atoms with Crippen LogP contribution in [0.25, 0.3) is 0 Å². The summed E-state index contributed by atoms with van der Waals surface area (Å²) in [5.74, 6) is -13.7. The molecule has 0 heterocycles. The Morgan fingerprint density at radius 2 is 1.24 bits per heavy atom. The fraction of sp³-hybridized carbons (Fsp3) is 1.00. The van der Waals surface area contributed by atoms with E-state index in [1.807, 2.05) is 0 Å². The molecule has 0 aromatic heterocycles. The first-order chi connectivity index (χ1) is 7.13. The lowest BCUT2D eigenvalue weighted by Crippen LogP contribution is -2.47. The van der Waals surface area contributed by atoms with Crippen molar-refractivity contribution < 1.29 is 39.5 Å². The van der Waals surface area contributed by atoms with Crippen LogP contribution in [0.1, 0.15) is 13.3 Å². The highest BCUT2D eigenvalue weighted by atomic mass is 35.5. The second-order valence-electron chi connectivity index (χ2n) is 3.43. The summed E-state index contributed by atoms with van der Waals surface area (Å²) in [6.45, 7) is 0.0873. The predicted octanol–water partition coefficient (Wildman–Crippen LogP) is 4.68. The minimum Gasteiger partial charge on any atom is -0.198 e. The number of rotatable bonds is 4. The van der Waals surface area contributed by atoms with E-state index in [-0.39, 0.29) is 6.92 Å². The molecule has 0 bridgehead atoms. The average molecular weight is 297 g/mol. The minimum atomic E-state index is -6.09. The average Bonchev–Trinajstić information content (AvgIpc) is 1.98. The van der Waals surface area contributed by atoms with Crippen LogP contribution in [0.4, 0.5) is 39.5 Å². The van der Waals surface area contributed by atoms with Crippen LogP contribution in [0.15, 0.2) is 0 Å². The van der Waals surface area contributed by atoms with Crippen LogP contribution < -0.4 is 0 Å². The first kappa shape index (κ1) is 16.7. The Balaban J connectivity index is 4.95. The van der Waals surface area contributed by atoms with Gasteiger partial charge in [0, 0.05) is 12.3 Å². The SMILES string of the molecule is CC(CC(F)(F)C(F)(F)Cl)C(F)(F)C(F)(F)F. The van der Waals surface area contributed by atoms with Crippen LogP contribution in [-0.2, 0) is 0 Å². The molecule has 0 saturated carbocycles. The number of alkyl halides is 10. The summed E-state index contributed by atoms with van der Waals surface area (Å²) in [6, 6.07) is 0. The standard InChI is InChI=1S/C7H6ClF9/c1-3(5(11,12)7(15,16)17)2-4(9,10)6(8,13)14/h3H,2H2,1H3. The molecule has 1 atom stereocenters. The zero-order valence-corrected chi connectivity index (χ0v) is 8.82. The molecule has 0 fully saturated rings. The lowest BCUT2D eigenvalue weighted by molar-refractivity contribution is -0.309. The van der Waals surface area contributed by atoms with Crippen molar-refractivity contribution in [2.75, 3.05) is 0 Å². The van der Waals surface area contributed by atoms with Gasteiger partial charge in [0.1, 0.15) is 0 Å². The van der Waals surface area contributed by atoms with Gasteiger partial charge in [-0.2, -0.15) is 39.5 Å². The van der Waals surface area contributed by atoms with Gasteiger partial charge in [-0.3, -0.25) is 0 Å². The van der Waals surface area contributed by atoms with E-state index < -0.39 is 35.7 Å². The fourth-order valence-corrected chi connectivity index (χ4v) is 0.985. The van der Waals surface area contributed by atoms with Crippen molar-refractivity contribution in [3.05, 3.63) is 0 Å². The van der Waals surface area contributed by atoms with Crippen LogP contribution in [0, 0.1) is 5.92 Å². The summed E-state index contributed by atoms with van der Waals surface area (Å²) in [5.41, 5.74) is 0. The van der Waals surface area contributed by atoms with Crippen LogP contribution >= 0.6 is 11.6 Å². The van der Waals surface area contributed by atoms with Gasteiger partial charge >= 0.3 is 23.4 Å². The molecule has 0 N–H and O–H groups in total. The smallest absolute Gasteiger partial charge is 0.198 e. The molecule has 0 nitrogen and oxygen atoms in total. The highest BCUT2D eigenvalue weighted by Crippen LogP contribution is 2.48. The van der Waals surface area contributed by atoms with E-state index in [0.717, 1.165) is 0 Å². The van der Waals surface area contributed by atoms with E-state index in [0.29, 0.717) is 0 Å². The predicted molar refractivity (Wildman–Crippen MR) is 40.5 cm³/mol. The summed E-state index contributed by atoms with van der Waals surface area (Å²) in [7, 11) is 0. The van der Waals surface area contributed by atoms with Crippen molar-refractivity contribution in [3.63, 3.8) is 0 Å². The molecule has 0 aliphatic heterocycles. The van der Waals surface area contributed by atoms with Crippen LogP contribution in [0.5, 0.6) is 0 Å². The summed E-state index contributed by atoms with van der Waals surface area (Å²) >= 11 is 3.92. The maximum absolute atomic E-state index is 12.5. The molecule has 104 valence electrons. The highest BCUT2D eigenvalue weighted by molar-refractivity contribution is 6.22. The van der Waals surface area contributed by atoms with E-state index >= 15 is 0 Å². The maximum Gasteiger partial charge on any atom is 0.453 e. The third kappa shape index (κ3) is 3.56. The Morgan fingerprint density at radius 1 is 0.882 bits per heavy atom. The first-order valence-corrected chi connectivity index (χ1v) is 4.40. The zero-order chi connectivity index (χ0) is 14.3. The van der Waals surface area contributed by atoms with Gasteiger partial charge < -0.3 is 0 Å². The van der Waals surface area contributed by atoms with E-state index in [1.165, 1.54) is 0 Å². The summed E-state index contributed by atoms with van der Waals surface area (Å²) < 4.78 is 109. The van der Waals surface area contributed by atoms with Crippen molar-refractivity contribution in [1.82, 2.24) is 0 Å². The van der Waals surface area contributed by atoms with Gasteiger partial charge in [0.15, 0.2) is 0 Å². The summed E-state index contributed by atoms with van der Waals surface area (Å²) in [4.78, 5) is 0. The lowest BCUT2D eigenvalue weighted by atomic mass is 9.95. The van der Waals surface area contributed by atoms with Crippen molar-refractivity contribution in [3.8, 4) is 0 Å². The van der Waals surface area contributed by atoms with E-state index in [9.17, 15) is 39.5 Å². The monoisotopic (exact) mass is 296 g/mol. The zero-order valence-electron chi connectivity index (χ0n) is 8.06. The second kappa shape index (κ2) is 4.40. The summed E-state index contributed by atoms with van der Waals surface area (Å²) in [6.07, 6.45) is -8.49. The molecule has 17 heavy (non-hydrogen) atoms. The second-order valence-corrected chi connectivity index (χ2v) is 3.90. The molecule has 1 unspecified atom stereocenters. The van der Waals surface area contributed by atoms with Crippen LogP contribution in [0.3, 0.4) is 0 Å². The van der Waals surface area contributed by atoms with Gasteiger partial charge in [-0.05, 0) is 11.6 Å². The van der Waals surface area contributed by atoms with Crippen molar-refractivity contribution in [1.29, 1.82) is 0 Å². The van der Waals surface area contributed by atoms with Gasteiger partial charge in [-0.25, -0.2) is 0 Å². The van der Waals surface area contributed by atoms with Gasteiger partial charge in [0.2, 0.25) is 0 Å². The fourth-order valence-electron chi connectivity index (χ4n) is 0.908. The molecule has 0 spiro atoms. The molecule has 0 saturated heterocycles. The first-order valence-electron chi connectivity index (χ1n) is 4.02. The molecule has 0 radical (unpaired) electrons. The third-order valence-electron chi connectivity index (χ3n) is 1.97. The largest absolute Gasteiger partial charge is 0.453 e. The summed E-state index contributed by atoms with van der Waals surface area (Å²) in [5, 5.41) is -5.19. The Hall–Kier alpha value is -0.340. The van der Waals surface area contributed by atoms with Crippen molar-refractivity contribution in [2.45, 2.75) is 36.7 Å². The number of hydrogen-bond acceptors (Lipinski definition) is 0. The van der Waals surface area contributed by atoms with Crippen molar-refractivity contribution >= 4 is 11.6 Å². The lowest BCUT2D eigenvalue weighted by Gasteiger charge is -2.30. The van der Waals surface area contributed by atoms with Gasteiger partial charge in [-0.15, -0.1) is 0 Å². The molecular formula is C7H6ClF9. The Morgan fingerprint density at radius 3 is 1.47 bits per heavy atom. The molecular weight excluding hydrogens is 291 g/mol. The molecule has 0 aromatic carbocycles. The van der Waals surface area contributed by atoms with Gasteiger partial charge in [0.25, 0.3) is 0 Å². The molecule has 0 aromatic rings. The quantitative estimate of drug-likeness (QED) is 0.522. The Kier molecular flexibility index (Phi) is 4.31. The van der Waals surface area contributed by atoms with Crippen LogP contribution in [-0.4, -0.2) is 23.4 Å². The number of hydrogen-bond donors (Lipinski definition) is 0. The van der Waals surface area contributed by atoms with Crippen LogP contribution in [0.2, 0.25) is 0 Å². The molecule has 0 aliphatic rings. The van der Waals surface area contributed by atoms with E-state index in [4.69, 9.17) is 0 Å². The normalized spacial score (nSPS) is 17.1. The molecule has 0 amide bonds. The minimum absolute atomic E-state index is 0.0873. The van der Waals surface area contributed by atoms with Gasteiger partial charge in [0.05, 0.1) is 0 Å². The third-order valence-corrected chi connectivity index (χ3v) is 2.25. The van der Waals surface area contributed by atoms with Gasteiger partial charge in [-0.1, -0.05) is 6.92 Å². The Bertz CT molecular complexity index is 263. The van der Waals surface area contributed by atoms with E-state index in [1.54, 1.807) is 0 Å². The molecule has 0 aliphatic carbocycles. The van der Waals surface area contributed by atoms with E-state index in [2.05, 4.69) is 11.6 Å². The van der Waals surface area contributed by atoms with Crippen molar-refractivity contribution in [2.24, 2.45) is 5.92 Å². The highest BCUT2D eigenvalue weighted by Gasteiger charge is 2.65. The molecule has 10 heteroatoms. The maximum atomic E-state index is 12.5.